The van der Waals surface area contributed by atoms with Gasteiger partial charge in [0, 0.05) is 26.7 Å². The van der Waals surface area contributed by atoms with Crippen LogP contribution in [0.4, 0.5) is 5.69 Å². The summed E-state index contributed by atoms with van der Waals surface area (Å²) in [6.45, 7) is 0. The molecule has 3 aromatic rings. The Bertz CT molecular complexity index is 939. The van der Waals surface area contributed by atoms with Gasteiger partial charge in [-0.3, -0.25) is 9.59 Å². The Balaban J connectivity index is 1.94. The van der Waals surface area contributed by atoms with E-state index in [1.807, 2.05) is 6.07 Å². The predicted octanol–water partition coefficient (Wildman–Crippen LogP) is 5.48. The van der Waals surface area contributed by atoms with Gasteiger partial charge in [0.15, 0.2) is 5.78 Å². The Labute approximate surface area is 155 Å². The van der Waals surface area contributed by atoms with E-state index in [-0.39, 0.29) is 11.7 Å². The number of anilines is 1. The summed E-state index contributed by atoms with van der Waals surface area (Å²) in [5.74, 6) is -0.573. The average molecular weight is 370 g/mol. The lowest BCUT2D eigenvalue weighted by Gasteiger charge is -2.11. The highest BCUT2D eigenvalue weighted by molar-refractivity contribution is 6.32. The van der Waals surface area contributed by atoms with Crippen molar-refractivity contribution in [1.29, 1.82) is 0 Å². The molecule has 0 aliphatic carbocycles. The second-order valence-electron chi connectivity index (χ2n) is 5.35. The molecule has 3 aromatic carbocycles. The molecule has 0 aliphatic rings. The van der Waals surface area contributed by atoms with E-state index in [1.165, 1.54) is 0 Å². The quantitative estimate of drug-likeness (QED) is 0.619. The summed E-state index contributed by atoms with van der Waals surface area (Å²) in [5.41, 5.74) is 1.64. The van der Waals surface area contributed by atoms with Gasteiger partial charge < -0.3 is 5.32 Å². The molecule has 0 atom stereocenters. The zero-order valence-electron chi connectivity index (χ0n) is 13.0. The Morgan fingerprint density at radius 1 is 0.720 bits per heavy atom. The molecular formula is C20H13Cl2NO2. The van der Waals surface area contributed by atoms with Gasteiger partial charge in [-0.2, -0.15) is 0 Å². The van der Waals surface area contributed by atoms with Crippen molar-refractivity contribution < 1.29 is 9.59 Å². The summed E-state index contributed by atoms with van der Waals surface area (Å²) >= 11 is 12.0. The fourth-order valence-electron chi connectivity index (χ4n) is 2.38. The molecule has 1 amide bonds. The van der Waals surface area contributed by atoms with Gasteiger partial charge in [-0.15, -0.1) is 0 Å². The second kappa shape index (κ2) is 7.51. The molecule has 0 saturated carbocycles. The van der Waals surface area contributed by atoms with Crippen LogP contribution >= 0.6 is 23.2 Å². The first kappa shape index (κ1) is 17.2. The first-order valence-electron chi connectivity index (χ1n) is 7.51. The number of hydrogen-bond acceptors (Lipinski definition) is 2. The summed E-state index contributed by atoms with van der Waals surface area (Å²) in [6, 6.07) is 20.2. The third-order valence-corrected chi connectivity index (χ3v) is 4.07. The van der Waals surface area contributed by atoms with Gasteiger partial charge in [0.25, 0.3) is 5.91 Å². The molecule has 25 heavy (non-hydrogen) atoms. The SMILES string of the molecule is O=C(Nc1ccc(Cl)cc1C(=O)c1ccccc1)c1cccc(Cl)c1. The van der Waals surface area contributed by atoms with E-state index in [2.05, 4.69) is 5.32 Å². The summed E-state index contributed by atoms with van der Waals surface area (Å²) < 4.78 is 0. The van der Waals surface area contributed by atoms with Crippen molar-refractivity contribution in [2.75, 3.05) is 5.32 Å². The highest BCUT2D eigenvalue weighted by atomic mass is 35.5. The first-order valence-corrected chi connectivity index (χ1v) is 8.26. The molecule has 3 rings (SSSR count). The van der Waals surface area contributed by atoms with E-state index in [0.717, 1.165) is 0 Å². The molecular weight excluding hydrogens is 357 g/mol. The molecule has 0 aromatic heterocycles. The lowest BCUT2D eigenvalue weighted by atomic mass is 10.0. The van der Waals surface area contributed by atoms with Crippen LogP contribution in [0.5, 0.6) is 0 Å². The van der Waals surface area contributed by atoms with E-state index in [1.54, 1.807) is 66.7 Å². The normalized spacial score (nSPS) is 10.3. The minimum absolute atomic E-state index is 0.218. The van der Waals surface area contributed by atoms with E-state index in [4.69, 9.17) is 23.2 Å². The third-order valence-electron chi connectivity index (χ3n) is 3.60. The lowest BCUT2D eigenvalue weighted by molar-refractivity contribution is 0.102. The molecule has 0 spiro atoms. The maximum Gasteiger partial charge on any atom is 0.255 e. The Kier molecular flexibility index (Phi) is 5.17. The largest absolute Gasteiger partial charge is 0.321 e. The van der Waals surface area contributed by atoms with Crippen LogP contribution < -0.4 is 5.32 Å². The zero-order chi connectivity index (χ0) is 17.8. The molecule has 5 heteroatoms. The first-order chi connectivity index (χ1) is 12.0. The fourth-order valence-corrected chi connectivity index (χ4v) is 2.74. The van der Waals surface area contributed by atoms with Crippen LogP contribution in [0.2, 0.25) is 10.0 Å². The number of carbonyl (C=O) groups excluding carboxylic acids is 2. The molecule has 0 fully saturated rings. The number of benzene rings is 3. The molecule has 124 valence electrons. The monoisotopic (exact) mass is 369 g/mol. The van der Waals surface area contributed by atoms with Gasteiger partial charge in [0.2, 0.25) is 0 Å². The molecule has 3 nitrogen and oxygen atoms in total. The zero-order valence-corrected chi connectivity index (χ0v) is 14.5. The van der Waals surface area contributed by atoms with Crippen LogP contribution in [0.25, 0.3) is 0 Å². The number of carbonyl (C=O) groups is 2. The average Bonchev–Trinajstić information content (AvgIpc) is 2.63. The summed E-state index contributed by atoms with van der Waals surface area (Å²) in [6.07, 6.45) is 0. The molecule has 0 saturated heterocycles. The third kappa shape index (κ3) is 4.08. The molecule has 0 radical (unpaired) electrons. The predicted molar refractivity (Wildman–Crippen MR) is 101 cm³/mol. The highest BCUT2D eigenvalue weighted by Gasteiger charge is 2.16. The van der Waals surface area contributed by atoms with Crippen molar-refractivity contribution >= 4 is 40.6 Å². The number of ketones is 1. The van der Waals surface area contributed by atoms with Gasteiger partial charge >= 0.3 is 0 Å². The molecule has 0 unspecified atom stereocenters. The number of hydrogen-bond donors (Lipinski definition) is 1. The number of amides is 1. The van der Waals surface area contributed by atoms with Crippen LogP contribution in [0.1, 0.15) is 26.3 Å². The number of halogens is 2. The Morgan fingerprint density at radius 3 is 2.12 bits per heavy atom. The second-order valence-corrected chi connectivity index (χ2v) is 6.22. The van der Waals surface area contributed by atoms with Gasteiger partial charge in [-0.1, -0.05) is 59.6 Å². The van der Waals surface area contributed by atoms with E-state index < -0.39 is 0 Å². The molecule has 0 aliphatic heterocycles. The van der Waals surface area contributed by atoms with E-state index in [9.17, 15) is 9.59 Å². The minimum atomic E-state index is -0.355. The maximum atomic E-state index is 12.8. The minimum Gasteiger partial charge on any atom is -0.321 e. The fraction of sp³-hybridized carbons (Fsp3) is 0. The van der Waals surface area contributed by atoms with Crippen LogP contribution in [0.3, 0.4) is 0 Å². The van der Waals surface area contributed by atoms with Crippen molar-refractivity contribution in [2.45, 2.75) is 0 Å². The Hall–Kier alpha value is -2.62. The summed E-state index contributed by atoms with van der Waals surface area (Å²) in [4.78, 5) is 25.2. The van der Waals surface area contributed by atoms with Gasteiger partial charge in [-0.05, 0) is 36.4 Å². The van der Waals surface area contributed by atoms with Crippen molar-refractivity contribution in [2.24, 2.45) is 0 Å². The van der Waals surface area contributed by atoms with Crippen LogP contribution in [0.15, 0.2) is 72.8 Å². The van der Waals surface area contributed by atoms with Gasteiger partial charge in [-0.25, -0.2) is 0 Å². The van der Waals surface area contributed by atoms with E-state index >= 15 is 0 Å². The number of nitrogens with one attached hydrogen (secondary N) is 1. The maximum absolute atomic E-state index is 12.8. The van der Waals surface area contributed by atoms with Crippen molar-refractivity contribution in [1.82, 2.24) is 0 Å². The summed E-state index contributed by atoms with van der Waals surface area (Å²) in [5, 5.41) is 3.63. The van der Waals surface area contributed by atoms with Crippen LogP contribution in [-0.2, 0) is 0 Å². The Morgan fingerprint density at radius 2 is 1.40 bits per heavy atom. The van der Waals surface area contributed by atoms with Crippen molar-refractivity contribution in [3.63, 3.8) is 0 Å². The van der Waals surface area contributed by atoms with Crippen molar-refractivity contribution in [3.8, 4) is 0 Å². The highest BCUT2D eigenvalue weighted by Crippen LogP contribution is 2.24. The van der Waals surface area contributed by atoms with Crippen molar-refractivity contribution in [3.05, 3.63) is 99.5 Å². The smallest absolute Gasteiger partial charge is 0.255 e. The lowest BCUT2D eigenvalue weighted by Crippen LogP contribution is -2.15. The summed E-state index contributed by atoms with van der Waals surface area (Å²) in [7, 11) is 0. The molecule has 1 N–H and O–H groups in total. The van der Waals surface area contributed by atoms with Gasteiger partial charge in [0.05, 0.1) is 5.69 Å². The molecule has 0 bridgehead atoms. The van der Waals surface area contributed by atoms with Crippen LogP contribution in [0, 0.1) is 0 Å². The number of rotatable bonds is 4. The van der Waals surface area contributed by atoms with E-state index in [0.29, 0.717) is 32.4 Å². The molecule has 0 heterocycles. The van der Waals surface area contributed by atoms with Crippen LogP contribution in [-0.4, -0.2) is 11.7 Å². The van der Waals surface area contributed by atoms with Gasteiger partial charge in [0.1, 0.15) is 0 Å². The topological polar surface area (TPSA) is 46.2 Å². The standard InChI is InChI=1S/C20H13Cl2NO2/c21-15-8-4-7-14(11-15)20(25)23-18-10-9-16(22)12-17(18)19(24)13-5-2-1-3-6-13/h1-12H,(H,23,25).